The number of carbonyl (C=O) groups excluding carboxylic acids is 1. The molecule has 4 nitrogen and oxygen atoms in total. The third-order valence-corrected chi connectivity index (χ3v) is 4.04. The fraction of sp³-hybridized carbons (Fsp3) is 0.588. The Balaban J connectivity index is 0.00000242. The first-order chi connectivity index (χ1) is 9.90. The summed E-state index contributed by atoms with van der Waals surface area (Å²) in [5.41, 5.74) is 7.39. The summed E-state index contributed by atoms with van der Waals surface area (Å²) in [4.78, 5) is 12.3. The first kappa shape index (κ1) is 18.9. The maximum Gasteiger partial charge on any atom is 0.251 e. The molecule has 1 heterocycles. The van der Waals surface area contributed by atoms with Crippen molar-refractivity contribution in [3.05, 3.63) is 35.4 Å². The van der Waals surface area contributed by atoms with E-state index in [1.807, 2.05) is 24.3 Å². The number of hydrogen-bond acceptors (Lipinski definition) is 3. The van der Waals surface area contributed by atoms with Crippen molar-refractivity contribution < 1.29 is 9.53 Å². The van der Waals surface area contributed by atoms with Gasteiger partial charge in [0, 0.05) is 24.8 Å². The molecule has 0 radical (unpaired) electrons. The zero-order valence-corrected chi connectivity index (χ0v) is 14.4. The molecule has 124 valence electrons. The summed E-state index contributed by atoms with van der Waals surface area (Å²) in [7, 11) is 0. The Kier molecular flexibility index (Phi) is 6.85. The van der Waals surface area contributed by atoms with E-state index >= 15 is 0 Å². The van der Waals surface area contributed by atoms with Crippen LogP contribution in [0.1, 0.15) is 49.5 Å². The average Bonchev–Trinajstić information content (AvgIpc) is 2.47. The van der Waals surface area contributed by atoms with Crippen molar-refractivity contribution in [1.29, 1.82) is 0 Å². The number of carbonyl (C=O) groups is 1. The molecule has 0 aliphatic carbocycles. The van der Waals surface area contributed by atoms with E-state index in [9.17, 15) is 4.79 Å². The summed E-state index contributed by atoms with van der Waals surface area (Å²) in [6.45, 7) is 7.72. The van der Waals surface area contributed by atoms with E-state index in [-0.39, 0.29) is 35.9 Å². The molecular weight excluding hydrogens is 300 g/mol. The van der Waals surface area contributed by atoms with Crippen LogP contribution < -0.4 is 11.1 Å². The molecule has 1 aromatic carbocycles. The van der Waals surface area contributed by atoms with E-state index in [2.05, 4.69) is 26.1 Å². The van der Waals surface area contributed by atoms with Crippen molar-refractivity contribution in [1.82, 2.24) is 5.32 Å². The van der Waals surface area contributed by atoms with Gasteiger partial charge in [0.05, 0.1) is 6.10 Å². The number of halogens is 1. The Morgan fingerprint density at radius 2 is 1.95 bits per heavy atom. The first-order valence-corrected chi connectivity index (χ1v) is 7.61. The van der Waals surface area contributed by atoms with Gasteiger partial charge in [-0.25, -0.2) is 0 Å². The van der Waals surface area contributed by atoms with Gasteiger partial charge < -0.3 is 15.8 Å². The highest BCUT2D eigenvalue weighted by molar-refractivity contribution is 5.94. The minimum atomic E-state index is -0.0156. The Morgan fingerprint density at radius 1 is 1.32 bits per heavy atom. The van der Waals surface area contributed by atoms with Gasteiger partial charge in [-0.2, -0.15) is 0 Å². The molecule has 3 N–H and O–H groups in total. The van der Waals surface area contributed by atoms with Crippen molar-refractivity contribution in [3.8, 4) is 0 Å². The molecule has 0 bridgehead atoms. The molecule has 5 heteroatoms. The summed E-state index contributed by atoms with van der Waals surface area (Å²) < 4.78 is 5.82. The first-order valence-electron chi connectivity index (χ1n) is 7.61. The minimum absolute atomic E-state index is 0. The largest absolute Gasteiger partial charge is 0.378 e. The van der Waals surface area contributed by atoms with Crippen molar-refractivity contribution in [2.45, 2.75) is 52.3 Å². The average molecular weight is 327 g/mol. The maximum atomic E-state index is 12.3. The Morgan fingerprint density at radius 3 is 2.50 bits per heavy atom. The van der Waals surface area contributed by atoms with Crippen LogP contribution in [0.5, 0.6) is 0 Å². The van der Waals surface area contributed by atoms with Gasteiger partial charge in [-0.1, -0.05) is 32.9 Å². The Labute approximate surface area is 139 Å². The number of nitrogens with two attached hydrogens (primary N) is 1. The third-order valence-electron chi connectivity index (χ3n) is 4.04. The van der Waals surface area contributed by atoms with Crippen LogP contribution in [0.2, 0.25) is 0 Å². The van der Waals surface area contributed by atoms with Crippen LogP contribution in [0.25, 0.3) is 0 Å². The molecule has 2 atom stereocenters. The summed E-state index contributed by atoms with van der Waals surface area (Å²) >= 11 is 0. The summed E-state index contributed by atoms with van der Waals surface area (Å²) in [6, 6.07) is 7.65. The fourth-order valence-electron chi connectivity index (χ4n) is 2.59. The Hall–Kier alpha value is -1.10. The van der Waals surface area contributed by atoms with Crippen molar-refractivity contribution in [3.63, 3.8) is 0 Å². The van der Waals surface area contributed by atoms with Crippen molar-refractivity contribution >= 4 is 18.3 Å². The van der Waals surface area contributed by atoms with E-state index in [4.69, 9.17) is 10.5 Å². The summed E-state index contributed by atoms with van der Waals surface area (Å²) in [5, 5.41) is 3.12. The molecule has 0 aromatic heterocycles. The Bertz CT molecular complexity index is 482. The SMILES string of the molecule is CC(C)(C)C1CC(NC(=O)c2ccc(CN)cc2)CCO1.Cl. The molecule has 0 spiro atoms. The van der Waals surface area contributed by atoms with Crippen LogP contribution in [-0.4, -0.2) is 24.7 Å². The second-order valence-corrected chi connectivity index (χ2v) is 6.82. The normalized spacial score (nSPS) is 21.8. The van der Waals surface area contributed by atoms with Crippen molar-refractivity contribution in [2.24, 2.45) is 11.1 Å². The van der Waals surface area contributed by atoms with E-state index < -0.39 is 0 Å². The molecule has 1 aromatic rings. The third kappa shape index (κ3) is 4.97. The van der Waals surface area contributed by atoms with Crippen molar-refractivity contribution in [2.75, 3.05) is 6.61 Å². The number of nitrogens with one attached hydrogen (secondary N) is 1. The lowest BCUT2D eigenvalue weighted by Crippen LogP contribution is -2.45. The number of hydrogen-bond donors (Lipinski definition) is 2. The van der Waals surface area contributed by atoms with E-state index in [0.29, 0.717) is 18.7 Å². The smallest absolute Gasteiger partial charge is 0.251 e. The van der Waals surface area contributed by atoms with Gasteiger partial charge in [0.25, 0.3) is 5.91 Å². The predicted molar refractivity (Wildman–Crippen MR) is 91.3 cm³/mol. The second kappa shape index (κ2) is 7.95. The predicted octanol–water partition coefficient (Wildman–Crippen LogP) is 2.89. The monoisotopic (exact) mass is 326 g/mol. The number of amides is 1. The highest BCUT2D eigenvalue weighted by atomic mass is 35.5. The number of benzene rings is 1. The highest BCUT2D eigenvalue weighted by Gasteiger charge is 2.32. The number of rotatable bonds is 3. The molecular formula is C17H27ClN2O2. The molecule has 22 heavy (non-hydrogen) atoms. The van der Waals surface area contributed by atoms with Crippen LogP contribution in [0.3, 0.4) is 0 Å². The lowest BCUT2D eigenvalue weighted by Gasteiger charge is -2.37. The fourth-order valence-corrected chi connectivity index (χ4v) is 2.59. The van der Waals surface area contributed by atoms with Crippen LogP contribution in [0, 0.1) is 5.41 Å². The lowest BCUT2D eigenvalue weighted by molar-refractivity contribution is -0.0569. The molecule has 1 amide bonds. The van der Waals surface area contributed by atoms with Gasteiger partial charge in [-0.15, -0.1) is 12.4 Å². The molecule has 1 aliphatic heterocycles. The zero-order chi connectivity index (χ0) is 15.5. The second-order valence-electron chi connectivity index (χ2n) is 6.82. The van der Waals surface area contributed by atoms with Gasteiger partial charge in [0.15, 0.2) is 0 Å². The van der Waals surface area contributed by atoms with Gasteiger partial charge in [-0.05, 0) is 36.0 Å². The molecule has 1 aliphatic rings. The quantitative estimate of drug-likeness (QED) is 0.897. The molecule has 0 saturated carbocycles. The number of ether oxygens (including phenoxy) is 1. The molecule has 1 saturated heterocycles. The molecule has 2 unspecified atom stereocenters. The van der Waals surface area contributed by atoms with E-state index in [1.54, 1.807) is 0 Å². The van der Waals surface area contributed by atoms with Gasteiger partial charge in [-0.3, -0.25) is 4.79 Å². The van der Waals surface area contributed by atoms with Crippen LogP contribution in [0.4, 0.5) is 0 Å². The van der Waals surface area contributed by atoms with Crippen LogP contribution in [-0.2, 0) is 11.3 Å². The minimum Gasteiger partial charge on any atom is -0.378 e. The topological polar surface area (TPSA) is 64.4 Å². The zero-order valence-electron chi connectivity index (χ0n) is 13.6. The standard InChI is InChI=1S/C17H26N2O2.ClH/c1-17(2,3)15-10-14(8-9-21-15)19-16(20)13-6-4-12(11-18)5-7-13;/h4-7,14-15H,8-11,18H2,1-3H3,(H,19,20);1H. The van der Waals surface area contributed by atoms with E-state index in [0.717, 1.165) is 18.4 Å². The van der Waals surface area contributed by atoms with Crippen LogP contribution >= 0.6 is 12.4 Å². The maximum absolute atomic E-state index is 12.3. The van der Waals surface area contributed by atoms with Gasteiger partial charge in [0.2, 0.25) is 0 Å². The lowest BCUT2D eigenvalue weighted by atomic mass is 9.83. The highest BCUT2D eigenvalue weighted by Crippen LogP contribution is 2.29. The molecule has 2 rings (SSSR count). The summed E-state index contributed by atoms with van der Waals surface area (Å²) in [6.07, 6.45) is 1.94. The van der Waals surface area contributed by atoms with Gasteiger partial charge in [0.1, 0.15) is 0 Å². The molecule has 1 fully saturated rings. The van der Waals surface area contributed by atoms with Gasteiger partial charge >= 0.3 is 0 Å². The van der Waals surface area contributed by atoms with Crippen LogP contribution in [0.15, 0.2) is 24.3 Å². The van der Waals surface area contributed by atoms with E-state index in [1.165, 1.54) is 0 Å². The summed E-state index contributed by atoms with van der Waals surface area (Å²) in [5.74, 6) is -0.0156.